The molecule has 8 heteroatoms. The summed E-state index contributed by atoms with van der Waals surface area (Å²) in [4.78, 5) is 29.7. The molecule has 1 aliphatic rings. The molecule has 1 heterocycles. The number of carbonyl (C=O) groups excluding carboxylic acids is 1. The summed E-state index contributed by atoms with van der Waals surface area (Å²) in [5.74, 6) is 0.685. The van der Waals surface area contributed by atoms with Gasteiger partial charge in [0.2, 0.25) is 5.91 Å². The Kier molecular flexibility index (Phi) is 7.06. The zero-order valence-corrected chi connectivity index (χ0v) is 19.4. The molecule has 0 unspecified atom stereocenters. The highest BCUT2D eigenvalue weighted by molar-refractivity contribution is 5.93. The number of benzene rings is 2. The predicted molar refractivity (Wildman–Crippen MR) is 136 cm³/mol. The lowest BCUT2D eigenvalue weighted by atomic mass is 9.91. The van der Waals surface area contributed by atoms with Gasteiger partial charge in [-0.2, -0.15) is 0 Å². The van der Waals surface area contributed by atoms with Crippen LogP contribution in [0.25, 0.3) is 17.0 Å². The van der Waals surface area contributed by atoms with Gasteiger partial charge in [0.05, 0.1) is 10.4 Å². The molecule has 1 aliphatic carbocycles. The van der Waals surface area contributed by atoms with E-state index in [9.17, 15) is 14.9 Å². The minimum atomic E-state index is -0.446. The molecule has 0 radical (unpaired) electrons. The van der Waals surface area contributed by atoms with Crippen LogP contribution >= 0.6 is 0 Å². The third-order valence-corrected chi connectivity index (χ3v) is 6.11. The number of non-ortho nitro benzene ring substituents is 1. The second-order valence-corrected chi connectivity index (χ2v) is 8.83. The van der Waals surface area contributed by atoms with Crippen LogP contribution in [0.3, 0.4) is 0 Å². The van der Waals surface area contributed by atoms with Crippen LogP contribution in [0.4, 0.5) is 17.2 Å². The number of aromatic nitrogens is 1. The number of rotatable bonds is 7. The number of nitro benzene ring substituents is 1. The van der Waals surface area contributed by atoms with E-state index in [1.165, 1.54) is 18.2 Å². The van der Waals surface area contributed by atoms with Crippen molar-refractivity contribution in [2.75, 3.05) is 24.3 Å². The van der Waals surface area contributed by atoms with E-state index in [1.807, 2.05) is 32.3 Å². The van der Waals surface area contributed by atoms with Crippen LogP contribution in [0.15, 0.2) is 60.7 Å². The van der Waals surface area contributed by atoms with E-state index in [1.54, 1.807) is 18.2 Å². The Labute approximate surface area is 198 Å². The summed E-state index contributed by atoms with van der Waals surface area (Å²) in [5.41, 5.74) is 2.72. The second kappa shape index (κ2) is 10.3. The SMILES string of the molecule is CN(C)c1cc(NC2CCC(NC(=O)/C=C/c3cccc([N+](=O)[O-])c3)CC2)nc2ccccc12. The maximum absolute atomic E-state index is 12.3. The van der Waals surface area contributed by atoms with Crippen LogP contribution in [-0.4, -0.2) is 42.0 Å². The molecule has 1 aromatic heterocycles. The molecule has 1 amide bonds. The molecule has 1 saturated carbocycles. The molecule has 0 bridgehead atoms. The smallest absolute Gasteiger partial charge is 0.270 e. The lowest BCUT2D eigenvalue weighted by Crippen LogP contribution is -2.39. The fraction of sp³-hybridized carbons (Fsp3) is 0.308. The quantitative estimate of drug-likeness (QED) is 0.300. The largest absolute Gasteiger partial charge is 0.377 e. The number of hydrogen-bond acceptors (Lipinski definition) is 6. The van der Waals surface area contributed by atoms with E-state index in [0.29, 0.717) is 11.6 Å². The van der Waals surface area contributed by atoms with Gasteiger partial charge in [-0.1, -0.05) is 30.3 Å². The summed E-state index contributed by atoms with van der Waals surface area (Å²) in [6, 6.07) is 16.9. The molecule has 4 rings (SSSR count). The molecule has 34 heavy (non-hydrogen) atoms. The highest BCUT2D eigenvalue weighted by Crippen LogP contribution is 2.29. The highest BCUT2D eigenvalue weighted by Gasteiger charge is 2.22. The molecular weight excluding hydrogens is 430 g/mol. The van der Waals surface area contributed by atoms with Crippen molar-refractivity contribution in [3.63, 3.8) is 0 Å². The van der Waals surface area contributed by atoms with E-state index in [-0.39, 0.29) is 17.6 Å². The first-order valence-electron chi connectivity index (χ1n) is 11.5. The average Bonchev–Trinajstić information content (AvgIpc) is 2.83. The van der Waals surface area contributed by atoms with Gasteiger partial charge in [0, 0.05) is 61.5 Å². The Balaban J connectivity index is 1.31. The van der Waals surface area contributed by atoms with Gasteiger partial charge in [-0.15, -0.1) is 0 Å². The number of carbonyl (C=O) groups is 1. The highest BCUT2D eigenvalue weighted by atomic mass is 16.6. The maximum Gasteiger partial charge on any atom is 0.270 e. The number of amides is 1. The third-order valence-electron chi connectivity index (χ3n) is 6.11. The van der Waals surface area contributed by atoms with Crippen LogP contribution in [0.1, 0.15) is 31.2 Å². The molecule has 0 saturated heterocycles. The number of nitrogens with zero attached hydrogens (tertiary/aromatic N) is 3. The lowest BCUT2D eigenvalue weighted by molar-refractivity contribution is -0.384. The summed E-state index contributed by atoms with van der Waals surface area (Å²) in [6.07, 6.45) is 6.66. The van der Waals surface area contributed by atoms with E-state index >= 15 is 0 Å². The fourth-order valence-corrected chi connectivity index (χ4v) is 4.36. The van der Waals surface area contributed by atoms with Crippen molar-refractivity contribution in [1.29, 1.82) is 0 Å². The monoisotopic (exact) mass is 459 g/mol. The molecule has 0 aliphatic heterocycles. The Morgan fingerprint density at radius 1 is 1.06 bits per heavy atom. The van der Waals surface area contributed by atoms with Gasteiger partial charge in [-0.3, -0.25) is 14.9 Å². The Hall–Kier alpha value is -3.94. The predicted octanol–water partition coefficient (Wildman–Crippen LogP) is 4.76. The first-order valence-corrected chi connectivity index (χ1v) is 11.5. The number of nitro groups is 1. The number of anilines is 2. The van der Waals surface area contributed by atoms with Crippen LogP contribution in [0.5, 0.6) is 0 Å². The van der Waals surface area contributed by atoms with Crippen LogP contribution in [0, 0.1) is 10.1 Å². The normalized spacial score (nSPS) is 18.1. The number of fused-ring (bicyclic) bond motifs is 1. The number of pyridine rings is 1. The molecule has 0 atom stereocenters. The first kappa shape index (κ1) is 23.2. The van der Waals surface area contributed by atoms with Crippen molar-refractivity contribution in [3.05, 3.63) is 76.4 Å². The third kappa shape index (κ3) is 5.70. The summed E-state index contributed by atoms with van der Waals surface area (Å²) >= 11 is 0. The van der Waals surface area contributed by atoms with Gasteiger partial charge in [0.15, 0.2) is 0 Å². The molecule has 1 fully saturated rings. The molecule has 176 valence electrons. The molecular formula is C26H29N5O3. The van der Waals surface area contributed by atoms with Crippen molar-refractivity contribution >= 4 is 40.1 Å². The first-order chi connectivity index (χ1) is 16.4. The van der Waals surface area contributed by atoms with E-state index in [2.05, 4.69) is 27.7 Å². The van der Waals surface area contributed by atoms with Crippen molar-refractivity contribution in [2.45, 2.75) is 37.8 Å². The zero-order valence-electron chi connectivity index (χ0n) is 19.4. The Morgan fingerprint density at radius 2 is 1.79 bits per heavy atom. The van der Waals surface area contributed by atoms with E-state index < -0.39 is 4.92 Å². The number of hydrogen-bond donors (Lipinski definition) is 2. The molecule has 2 aromatic carbocycles. The number of para-hydroxylation sites is 1. The molecule has 3 aromatic rings. The van der Waals surface area contributed by atoms with Crippen molar-refractivity contribution in [2.24, 2.45) is 0 Å². The summed E-state index contributed by atoms with van der Waals surface area (Å²) in [7, 11) is 4.07. The van der Waals surface area contributed by atoms with Crippen LogP contribution in [-0.2, 0) is 4.79 Å². The Bertz CT molecular complexity index is 1220. The minimum absolute atomic E-state index is 0.00647. The van der Waals surface area contributed by atoms with Gasteiger partial charge in [-0.25, -0.2) is 4.98 Å². The summed E-state index contributed by atoms with van der Waals surface area (Å²) < 4.78 is 0. The van der Waals surface area contributed by atoms with Gasteiger partial charge in [-0.05, 0) is 43.4 Å². The van der Waals surface area contributed by atoms with E-state index in [0.717, 1.165) is 48.1 Å². The molecule has 0 spiro atoms. The fourth-order valence-electron chi connectivity index (χ4n) is 4.36. The summed E-state index contributed by atoms with van der Waals surface area (Å²) in [5, 5.41) is 18.7. The second-order valence-electron chi connectivity index (χ2n) is 8.83. The number of nitrogens with one attached hydrogen (secondary N) is 2. The van der Waals surface area contributed by atoms with Gasteiger partial charge >= 0.3 is 0 Å². The lowest BCUT2D eigenvalue weighted by Gasteiger charge is -2.30. The van der Waals surface area contributed by atoms with Crippen molar-refractivity contribution < 1.29 is 9.72 Å². The molecule has 8 nitrogen and oxygen atoms in total. The zero-order chi connectivity index (χ0) is 24.1. The van der Waals surface area contributed by atoms with Gasteiger partial charge in [0.25, 0.3) is 5.69 Å². The topological polar surface area (TPSA) is 100 Å². The average molecular weight is 460 g/mol. The van der Waals surface area contributed by atoms with Crippen LogP contribution < -0.4 is 15.5 Å². The van der Waals surface area contributed by atoms with Gasteiger partial charge < -0.3 is 15.5 Å². The van der Waals surface area contributed by atoms with E-state index in [4.69, 9.17) is 4.98 Å². The molecule has 2 N–H and O–H groups in total. The Morgan fingerprint density at radius 3 is 2.53 bits per heavy atom. The van der Waals surface area contributed by atoms with Crippen molar-refractivity contribution in [1.82, 2.24) is 10.3 Å². The van der Waals surface area contributed by atoms with Crippen molar-refractivity contribution in [3.8, 4) is 0 Å². The summed E-state index contributed by atoms with van der Waals surface area (Å²) in [6.45, 7) is 0. The van der Waals surface area contributed by atoms with Gasteiger partial charge in [0.1, 0.15) is 5.82 Å². The van der Waals surface area contributed by atoms with Crippen LogP contribution in [0.2, 0.25) is 0 Å². The minimum Gasteiger partial charge on any atom is -0.377 e. The standard InChI is InChI=1S/C26H29N5O3/c1-30(2)24-17-25(29-23-9-4-3-8-22(23)24)27-19-11-13-20(14-12-19)28-26(32)15-10-18-6-5-7-21(16-18)31(33)34/h3-10,15-17,19-20H,11-14H2,1-2H3,(H,27,29)(H,28,32)/b15-10+. The maximum atomic E-state index is 12.3.